The maximum Gasteiger partial charge on any atom is 0.229 e. The van der Waals surface area contributed by atoms with Crippen molar-refractivity contribution in [1.82, 2.24) is 10.1 Å². The van der Waals surface area contributed by atoms with Gasteiger partial charge in [-0.2, -0.15) is 4.98 Å². The van der Waals surface area contributed by atoms with Gasteiger partial charge in [0.05, 0.1) is 0 Å². The van der Waals surface area contributed by atoms with Gasteiger partial charge in [0, 0.05) is 17.9 Å². The molecule has 0 aromatic carbocycles. The van der Waals surface area contributed by atoms with Crippen molar-refractivity contribution in [3.05, 3.63) is 11.7 Å². The molecule has 1 aromatic heterocycles. The van der Waals surface area contributed by atoms with Gasteiger partial charge in [-0.3, -0.25) is 0 Å². The van der Waals surface area contributed by atoms with Gasteiger partial charge in [0.25, 0.3) is 0 Å². The van der Waals surface area contributed by atoms with E-state index in [0.29, 0.717) is 17.9 Å². The number of nitrogens with two attached hydrogens (primary N) is 1. The van der Waals surface area contributed by atoms with Gasteiger partial charge in [-0.25, -0.2) is 0 Å². The van der Waals surface area contributed by atoms with E-state index in [1.165, 1.54) is 25.7 Å². The SMILES string of the molecule is CC1CCCC(c2noc([C@@H]3CC[C@H](N)C3)n2)C1. The molecule has 4 atom stereocenters. The first-order valence-electron chi connectivity index (χ1n) is 7.31. The summed E-state index contributed by atoms with van der Waals surface area (Å²) in [4.78, 5) is 4.65. The number of nitrogens with zero attached hydrogens (tertiary/aromatic N) is 2. The average molecular weight is 249 g/mol. The van der Waals surface area contributed by atoms with Crippen LogP contribution in [0.25, 0.3) is 0 Å². The van der Waals surface area contributed by atoms with E-state index >= 15 is 0 Å². The average Bonchev–Trinajstić information content (AvgIpc) is 2.97. The van der Waals surface area contributed by atoms with E-state index in [0.717, 1.165) is 36.9 Å². The Kier molecular flexibility index (Phi) is 3.37. The molecule has 2 unspecified atom stereocenters. The molecule has 1 heterocycles. The van der Waals surface area contributed by atoms with Crippen molar-refractivity contribution in [2.75, 3.05) is 0 Å². The van der Waals surface area contributed by atoms with E-state index in [-0.39, 0.29) is 0 Å². The second-order valence-corrected chi connectivity index (χ2v) is 6.23. The van der Waals surface area contributed by atoms with Crippen LogP contribution < -0.4 is 5.73 Å². The highest BCUT2D eigenvalue weighted by Gasteiger charge is 2.30. The summed E-state index contributed by atoms with van der Waals surface area (Å²) in [7, 11) is 0. The van der Waals surface area contributed by atoms with Crippen LogP contribution in [0.1, 0.15) is 75.4 Å². The molecule has 2 aliphatic carbocycles. The number of hydrogen-bond donors (Lipinski definition) is 1. The van der Waals surface area contributed by atoms with Gasteiger partial charge >= 0.3 is 0 Å². The second-order valence-electron chi connectivity index (χ2n) is 6.23. The first kappa shape index (κ1) is 12.2. The second kappa shape index (κ2) is 5.00. The smallest absolute Gasteiger partial charge is 0.229 e. The van der Waals surface area contributed by atoms with E-state index in [1.807, 2.05) is 0 Å². The minimum Gasteiger partial charge on any atom is -0.339 e. The molecule has 0 radical (unpaired) electrons. The van der Waals surface area contributed by atoms with Crippen LogP contribution in [0.15, 0.2) is 4.52 Å². The Bertz CT molecular complexity index is 403. The van der Waals surface area contributed by atoms with Gasteiger partial charge in [-0.15, -0.1) is 0 Å². The van der Waals surface area contributed by atoms with Gasteiger partial charge in [-0.05, 0) is 38.0 Å². The highest BCUT2D eigenvalue weighted by atomic mass is 16.5. The van der Waals surface area contributed by atoms with Crippen LogP contribution in [0.5, 0.6) is 0 Å². The van der Waals surface area contributed by atoms with Crippen molar-refractivity contribution in [3.8, 4) is 0 Å². The van der Waals surface area contributed by atoms with Crippen molar-refractivity contribution in [2.24, 2.45) is 11.7 Å². The third-order valence-corrected chi connectivity index (χ3v) is 4.58. The first-order chi connectivity index (χ1) is 8.72. The zero-order chi connectivity index (χ0) is 12.5. The molecule has 2 saturated carbocycles. The fourth-order valence-electron chi connectivity index (χ4n) is 3.49. The van der Waals surface area contributed by atoms with E-state index < -0.39 is 0 Å². The molecule has 1 aromatic rings. The Morgan fingerprint density at radius 1 is 1.11 bits per heavy atom. The Balaban J connectivity index is 1.69. The van der Waals surface area contributed by atoms with Crippen LogP contribution >= 0.6 is 0 Å². The molecule has 18 heavy (non-hydrogen) atoms. The summed E-state index contributed by atoms with van der Waals surface area (Å²) in [6, 6.07) is 0.319. The summed E-state index contributed by atoms with van der Waals surface area (Å²) in [5.74, 6) is 3.49. The zero-order valence-electron chi connectivity index (χ0n) is 11.1. The molecular formula is C14H23N3O. The van der Waals surface area contributed by atoms with Crippen molar-refractivity contribution in [2.45, 2.75) is 69.7 Å². The zero-order valence-corrected chi connectivity index (χ0v) is 11.1. The summed E-state index contributed by atoms with van der Waals surface area (Å²) >= 11 is 0. The van der Waals surface area contributed by atoms with Crippen LogP contribution in [0, 0.1) is 5.92 Å². The topological polar surface area (TPSA) is 64.9 Å². The lowest BCUT2D eigenvalue weighted by atomic mass is 9.82. The molecule has 2 fully saturated rings. The molecule has 0 spiro atoms. The summed E-state index contributed by atoms with van der Waals surface area (Å²) in [5.41, 5.74) is 5.94. The highest BCUT2D eigenvalue weighted by Crippen LogP contribution is 2.37. The monoisotopic (exact) mass is 249 g/mol. The first-order valence-corrected chi connectivity index (χ1v) is 7.31. The Morgan fingerprint density at radius 2 is 2.00 bits per heavy atom. The third-order valence-electron chi connectivity index (χ3n) is 4.58. The molecule has 2 N–H and O–H groups in total. The van der Waals surface area contributed by atoms with Gasteiger partial charge in [0.2, 0.25) is 5.89 Å². The van der Waals surface area contributed by atoms with E-state index in [4.69, 9.17) is 10.3 Å². The summed E-state index contributed by atoms with van der Waals surface area (Å²) in [6.07, 6.45) is 8.26. The van der Waals surface area contributed by atoms with Gasteiger partial charge < -0.3 is 10.3 Å². The van der Waals surface area contributed by atoms with E-state index in [9.17, 15) is 0 Å². The predicted octanol–water partition coefficient (Wildman–Crippen LogP) is 2.96. The quantitative estimate of drug-likeness (QED) is 0.875. The van der Waals surface area contributed by atoms with Gasteiger partial charge in [-0.1, -0.05) is 24.9 Å². The largest absolute Gasteiger partial charge is 0.339 e. The lowest BCUT2D eigenvalue weighted by molar-refractivity contribution is 0.315. The summed E-state index contributed by atoms with van der Waals surface area (Å²) in [5, 5.41) is 4.22. The van der Waals surface area contributed by atoms with Gasteiger partial charge in [0.1, 0.15) is 0 Å². The molecule has 3 rings (SSSR count). The summed E-state index contributed by atoms with van der Waals surface area (Å²) < 4.78 is 5.47. The standard InChI is InChI=1S/C14H23N3O/c1-9-3-2-4-10(7-9)13-16-14(18-17-13)11-5-6-12(15)8-11/h9-12H,2-8,15H2,1H3/t9?,10?,11-,12+/m1/s1. The molecule has 2 aliphatic rings. The maximum atomic E-state index is 5.94. The van der Waals surface area contributed by atoms with Crippen LogP contribution in [-0.4, -0.2) is 16.2 Å². The maximum absolute atomic E-state index is 5.94. The molecule has 100 valence electrons. The third kappa shape index (κ3) is 2.44. The van der Waals surface area contributed by atoms with Crippen LogP contribution in [-0.2, 0) is 0 Å². The normalized spacial score (nSPS) is 37.0. The molecule has 4 heteroatoms. The number of aromatic nitrogens is 2. The Morgan fingerprint density at radius 3 is 2.72 bits per heavy atom. The minimum absolute atomic E-state index is 0.319. The lowest BCUT2D eigenvalue weighted by Gasteiger charge is -2.23. The van der Waals surface area contributed by atoms with E-state index in [2.05, 4.69) is 17.1 Å². The molecule has 0 bridgehead atoms. The fraction of sp³-hybridized carbons (Fsp3) is 0.857. The predicted molar refractivity (Wildman–Crippen MR) is 69.2 cm³/mol. The van der Waals surface area contributed by atoms with Crippen molar-refractivity contribution in [1.29, 1.82) is 0 Å². The van der Waals surface area contributed by atoms with Crippen molar-refractivity contribution < 1.29 is 4.52 Å². The molecule has 0 amide bonds. The highest BCUT2D eigenvalue weighted by molar-refractivity contribution is 5.03. The minimum atomic E-state index is 0.319. The summed E-state index contributed by atoms with van der Waals surface area (Å²) in [6.45, 7) is 2.32. The van der Waals surface area contributed by atoms with Crippen molar-refractivity contribution >= 4 is 0 Å². The molecule has 0 saturated heterocycles. The van der Waals surface area contributed by atoms with Crippen molar-refractivity contribution in [3.63, 3.8) is 0 Å². The molecule has 4 nitrogen and oxygen atoms in total. The fourth-order valence-corrected chi connectivity index (χ4v) is 3.49. The molecule has 0 aliphatic heterocycles. The molecular weight excluding hydrogens is 226 g/mol. The van der Waals surface area contributed by atoms with Gasteiger partial charge in [0.15, 0.2) is 5.82 Å². The Hall–Kier alpha value is -0.900. The van der Waals surface area contributed by atoms with E-state index in [1.54, 1.807) is 0 Å². The van der Waals surface area contributed by atoms with Crippen LogP contribution in [0.3, 0.4) is 0 Å². The van der Waals surface area contributed by atoms with Crippen LogP contribution in [0.2, 0.25) is 0 Å². The Labute approximate surface area is 108 Å². The lowest BCUT2D eigenvalue weighted by Crippen LogP contribution is -2.14. The van der Waals surface area contributed by atoms with Crippen LogP contribution in [0.4, 0.5) is 0 Å². The number of hydrogen-bond acceptors (Lipinski definition) is 4. The number of rotatable bonds is 2.